The largest absolute Gasteiger partial charge is 0.508 e. The van der Waals surface area contributed by atoms with Crippen molar-refractivity contribution in [3.8, 4) is 80.5 Å². The molecule has 0 radical (unpaired) electrons. The summed E-state index contributed by atoms with van der Waals surface area (Å²) in [6, 6.07) is 19.1. The number of phenols is 14. The molecule has 0 fully saturated rings. The molecule has 0 aliphatic carbocycles. The zero-order valence-corrected chi connectivity index (χ0v) is 32.2. The fraction of sp³-hybridized carbons (Fsp3) is 0.217. The molecule has 2 atom stereocenters. The van der Waals surface area contributed by atoms with Gasteiger partial charge in [-0.25, -0.2) is 0 Å². The molecule has 0 bridgehead atoms. The summed E-state index contributed by atoms with van der Waals surface area (Å²) in [5.74, 6) is -6.58. The van der Waals surface area contributed by atoms with E-state index >= 15 is 0 Å². The van der Waals surface area contributed by atoms with Gasteiger partial charge in [0.05, 0.1) is 0 Å². The molecule has 0 aromatic heterocycles. The van der Waals surface area contributed by atoms with Crippen molar-refractivity contribution in [3.63, 3.8) is 0 Å². The lowest BCUT2D eigenvalue weighted by molar-refractivity contribution is 0.358. The fourth-order valence-corrected chi connectivity index (χ4v) is 7.84. The summed E-state index contributed by atoms with van der Waals surface area (Å²) < 4.78 is 0. The van der Waals surface area contributed by atoms with Crippen LogP contribution < -0.4 is 0 Å². The standard InChI is InChI=1S/C46H46O14/c47-30-8-23(9-31(48)21-30)2-5-34-37(51)13-25(14-38(34)52)1-4-28(7-26-15-41(55)45(59)42(56)16-26)36(12-27-17-43(57)46(60)44(58)18-27)29-19-39(53)35(40(54)20-29)6-3-24-10-32(49)22-33(50)11-24/h8-11,13-22,28,36,47-60H,1-7,12H2/t28-,36-/m1/s1. The topological polar surface area (TPSA) is 283 Å². The SMILES string of the molecule is Oc1cc(O)cc(CCc2c(O)cc(CC[C@H](Cc3cc(O)c(O)c(O)c3)[C@@H](Cc3cc(O)c(O)c(O)c3)c3cc(O)c(CCc4cc(O)cc(O)c4)c(O)c3)cc2O)c1. The molecule has 6 aromatic rings. The van der Waals surface area contributed by atoms with Crippen LogP contribution in [-0.2, 0) is 44.9 Å². The molecule has 6 aromatic carbocycles. The minimum Gasteiger partial charge on any atom is -0.508 e. The number of rotatable bonds is 15. The van der Waals surface area contributed by atoms with Gasteiger partial charge in [0.25, 0.3) is 0 Å². The molecule has 0 spiro atoms. The van der Waals surface area contributed by atoms with Crippen LogP contribution in [0.1, 0.15) is 56.8 Å². The Kier molecular flexibility index (Phi) is 12.3. The van der Waals surface area contributed by atoms with E-state index in [9.17, 15) is 71.5 Å². The number of hydrogen-bond acceptors (Lipinski definition) is 14. The number of aromatic hydroxyl groups is 14. The molecule has 0 unspecified atom stereocenters. The van der Waals surface area contributed by atoms with Crippen LogP contribution in [0.2, 0.25) is 0 Å². The van der Waals surface area contributed by atoms with E-state index in [1.807, 2.05) is 0 Å². The van der Waals surface area contributed by atoms with Crippen LogP contribution in [0, 0.1) is 5.92 Å². The quantitative estimate of drug-likeness (QED) is 0.0467. The lowest BCUT2D eigenvalue weighted by Gasteiger charge is -2.29. The van der Waals surface area contributed by atoms with E-state index in [4.69, 9.17) is 0 Å². The highest BCUT2D eigenvalue weighted by molar-refractivity contribution is 5.54. The summed E-state index contributed by atoms with van der Waals surface area (Å²) in [4.78, 5) is 0. The van der Waals surface area contributed by atoms with Crippen LogP contribution >= 0.6 is 0 Å². The van der Waals surface area contributed by atoms with Crippen LogP contribution in [0.25, 0.3) is 0 Å². The van der Waals surface area contributed by atoms with Gasteiger partial charge in [-0.15, -0.1) is 0 Å². The van der Waals surface area contributed by atoms with Crippen molar-refractivity contribution in [2.45, 2.75) is 57.3 Å². The van der Waals surface area contributed by atoms with Crippen molar-refractivity contribution in [1.29, 1.82) is 0 Å². The molecule has 14 heteroatoms. The van der Waals surface area contributed by atoms with Gasteiger partial charge in [-0.05, 0) is 169 Å². The zero-order valence-electron chi connectivity index (χ0n) is 32.2. The van der Waals surface area contributed by atoms with E-state index in [1.54, 1.807) is 0 Å². The van der Waals surface area contributed by atoms with Crippen molar-refractivity contribution in [1.82, 2.24) is 0 Å². The normalized spacial score (nSPS) is 12.3. The monoisotopic (exact) mass is 822 g/mol. The molecular weight excluding hydrogens is 776 g/mol. The molecular formula is C46H46O14. The third-order valence-electron chi connectivity index (χ3n) is 10.8. The minimum atomic E-state index is -0.732. The molecule has 0 aliphatic heterocycles. The van der Waals surface area contributed by atoms with E-state index in [-0.39, 0.29) is 108 Å². The Hall–Kier alpha value is -7.48. The Morgan fingerprint density at radius 2 is 0.633 bits per heavy atom. The van der Waals surface area contributed by atoms with Crippen molar-refractivity contribution in [3.05, 3.63) is 129 Å². The first-order chi connectivity index (χ1) is 28.4. The fourth-order valence-electron chi connectivity index (χ4n) is 7.84. The van der Waals surface area contributed by atoms with Crippen molar-refractivity contribution < 1.29 is 71.5 Å². The number of phenolic OH excluding ortho intramolecular Hbond substituents is 14. The van der Waals surface area contributed by atoms with Crippen molar-refractivity contribution in [2.75, 3.05) is 0 Å². The summed E-state index contributed by atoms with van der Waals surface area (Å²) in [6.45, 7) is 0. The molecule has 0 saturated heterocycles. The summed E-state index contributed by atoms with van der Waals surface area (Å²) in [7, 11) is 0. The first-order valence-corrected chi connectivity index (χ1v) is 19.0. The van der Waals surface area contributed by atoms with Gasteiger partial charge < -0.3 is 71.5 Å². The van der Waals surface area contributed by atoms with Gasteiger partial charge in [-0.3, -0.25) is 0 Å². The lowest BCUT2D eigenvalue weighted by atomic mass is 9.75. The maximum Gasteiger partial charge on any atom is 0.200 e. The van der Waals surface area contributed by atoms with E-state index in [0.717, 1.165) is 0 Å². The molecule has 14 N–H and O–H groups in total. The average Bonchev–Trinajstić information content (AvgIpc) is 3.15. The Morgan fingerprint density at radius 3 is 1.03 bits per heavy atom. The van der Waals surface area contributed by atoms with E-state index in [1.165, 1.54) is 84.9 Å². The maximum absolute atomic E-state index is 11.4. The van der Waals surface area contributed by atoms with Crippen molar-refractivity contribution >= 4 is 0 Å². The van der Waals surface area contributed by atoms with Crippen LogP contribution in [0.5, 0.6) is 80.5 Å². The summed E-state index contributed by atoms with van der Waals surface area (Å²) >= 11 is 0. The second-order valence-electron chi connectivity index (χ2n) is 15.1. The third kappa shape index (κ3) is 9.96. The van der Waals surface area contributed by atoms with Crippen LogP contribution in [-0.4, -0.2) is 71.5 Å². The Bertz CT molecular complexity index is 2400. The first kappa shape index (κ1) is 42.1. The average molecular weight is 823 g/mol. The van der Waals surface area contributed by atoms with Gasteiger partial charge >= 0.3 is 0 Å². The number of aryl methyl sites for hydroxylation is 3. The van der Waals surface area contributed by atoms with Crippen LogP contribution in [0.15, 0.2) is 84.9 Å². The number of hydrogen-bond donors (Lipinski definition) is 14. The highest BCUT2D eigenvalue weighted by atomic mass is 16.3. The summed E-state index contributed by atoms with van der Waals surface area (Å²) in [5, 5.41) is 146. The molecule has 0 saturated carbocycles. The first-order valence-electron chi connectivity index (χ1n) is 19.0. The van der Waals surface area contributed by atoms with Crippen molar-refractivity contribution in [2.24, 2.45) is 5.92 Å². The van der Waals surface area contributed by atoms with Gasteiger partial charge in [0, 0.05) is 23.3 Å². The molecule has 0 heterocycles. The van der Waals surface area contributed by atoms with E-state index < -0.39 is 46.3 Å². The lowest BCUT2D eigenvalue weighted by Crippen LogP contribution is -2.20. The third-order valence-corrected chi connectivity index (χ3v) is 10.8. The molecule has 314 valence electrons. The zero-order chi connectivity index (χ0) is 43.4. The van der Waals surface area contributed by atoms with Crippen LogP contribution in [0.3, 0.4) is 0 Å². The molecule has 60 heavy (non-hydrogen) atoms. The maximum atomic E-state index is 11.4. The Morgan fingerprint density at radius 1 is 0.300 bits per heavy atom. The van der Waals surface area contributed by atoms with Gasteiger partial charge in [0.2, 0.25) is 0 Å². The van der Waals surface area contributed by atoms with E-state index in [0.29, 0.717) is 33.4 Å². The molecule has 0 amide bonds. The van der Waals surface area contributed by atoms with E-state index in [2.05, 4.69) is 0 Å². The molecule has 0 aliphatic rings. The van der Waals surface area contributed by atoms with Gasteiger partial charge in [-0.2, -0.15) is 0 Å². The smallest absolute Gasteiger partial charge is 0.200 e. The second-order valence-corrected chi connectivity index (χ2v) is 15.1. The summed E-state index contributed by atoms with van der Waals surface area (Å²) in [5.41, 5.74) is 3.18. The van der Waals surface area contributed by atoms with Gasteiger partial charge in [0.15, 0.2) is 34.5 Å². The molecule has 14 nitrogen and oxygen atoms in total. The number of benzene rings is 6. The highest BCUT2D eigenvalue weighted by Crippen LogP contribution is 2.44. The second kappa shape index (κ2) is 17.6. The molecule has 6 rings (SSSR count). The predicted octanol–water partition coefficient (Wildman–Crippen LogP) is 6.95. The highest BCUT2D eigenvalue weighted by Gasteiger charge is 2.28. The predicted molar refractivity (Wildman–Crippen MR) is 219 cm³/mol. The summed E-state index contributed by atoms with van der Waals surface area (Å²) in [6.07, 6.45) is 1.39. The minimum absolute atomic E-state index is 0.0307. The Labute approximate surface area is 343 Å². The Balaban J connectivity index is 1.36. The van der Waals surface area contributed by atoms with Gasteiger partial charge in [0.1, 0.15) is 46.0 Å². The van der Waals surface area contributed by atoms with Crippen LogP contribution in [0.4, 0.5) is 0 Å². The van der Waals surface area contributed by atoms with Gasteiger partial charge in [-0.1, -0.05) is 0 Å².